The summed E-state index contributed by atoms with van der Waals surface area (Å²) in [7, 11) is 1.29. The van der Waals surface area contributed by atoms with Gasteiger partial charge in [0.2, 0.25) is 0 Å². The highest BCUT2D eigenvalue weighted by Crippen LogP contribution is 2.32. The molecule has 1 aliphatic heterocycles. The molecule has 1 amide bonds. The number of hydrogen-bond acceptors (Lipinski definition) is 4. The van der Waals surface area contributed by atoms with Gasteiger partial charge in [-0.25, -0.2) is 9.59 Å². The number of carboxylic acid groups (broad SMARTS) is 1. The summed E-state index contributed by atoms with van der Waals surface area (Å²) in [4.78, 5) is 38.1. The molecule has 29 heavy (non-hydrogen) atoms. The molecule has 152 valence electrons. The van der Waals surface area contributed by atoms with Crippen LogP contribution in [0, 0.1) is 0 Å². The van der Waals surface area contributed by atoms with Gasteiger partial charge < -0.3 is 14.7 Å². The Kier molecular flexibility index (Phi) is 6.32. The van der Waals surface area contributed by atoms with Crippen LogP contribution < -0.4 is 0 Å². The third-order valence-electron chi connectivity index (χ3n) is 5.41. The van der Waals surface area contributed by atoms with Crippen LogP contribution >= 0.6 is 0 Å². The van der Waals surface area contributed by atoms with Crippen LogP contribution in [-0.4, -0.2) is 41.5 Å². The molecule has 6 nitrogen and oxygen atoms in total. The number of aromatic carboxylic acids is 1. The van der Waals surface area contributed by atoms with Gasteiger partial charge in [-0.05, 0) is 62.8 Å². The summed E-state index contributed by atoms with van der Waals surface area (Å²) in [5, 5.41) is 9.04. The number of carboxylic acids is 1. The van der Waals surface area contributed by atoms with Gasteiger partial charge in [0, 0.05) is 12.2 Å². The van der Waals surface area contributed by atoms with E-state index < -0.39 is 11.9 Å². The molecule has 0 bridgehead atoms. The third kappa shape index (κ3) is 4.47. The number of amides is 1. The van der Waals surface area contributed by atoms with Crippen molar-refractivity contribution in [2.24, 2.45) is 0 Å². The van der Waals surface area contributed by atoms with Crippen molar-refractivity contribution < 1.29 is 24.2 Å². The molecule has 1 aromatic rings. The first-order valence-corrected chi connectivity index (χ1v) is 9.76. The summed E-state index contributed by atoms with van der Waals surface area (Å²) in [5.74, 6) is -1.81. The molecule has 0 fully saturated rings. The van der Waals surface area contributed by atoms with Gasteiger partial charge >= 0.3 is 11.9 Å². The van der Waals surface area contributed by atoms with Crippen LogP contribution in [0.25, 0.3) is 6.08 Å². The smallest absolute Gasteiger partial charge is 0.340 e. The Labute approximate surface area is 170 Å². The Balaban J connectivity index is 1.89. The molecule has 0 spiro atoms. The van der Waals surface area contributed by atoms with E-state index in [1.54, 1.807) is 30.0 Å². The van der Waals surface area contributed by atoms with Crippen molar-refractivity contribution in [3.8, 4) is 0 Å². The fraction of sp³-hybridized carbons (Fsp3) is 0.348. The summed E-state index contributed by atoms with van der Waals surface area (Å²) >= 11 is 0. The zero-order valence-electron chi connectivity index (χ0n) is 16.7. The molecule has 1 heterocycles. The van der Waals surface area contributed by atoms with Crippen molar-refractivity contribution in [2.45, 2.75) is 39.0 Å². The van der Waals surface area contributed by atoms with E-state index in [-0.39, 0.29) is 22.6 Å². The highest BCUT2D eigenvalue weighted by atomic mass is 16.5. The summed E-state index contributed by atoms with van der Waals surface area (Å²) in [6.07, 6.45) is 9.20. The molecule has 3 rings (SSSR count). The van der Waals surface area contributed by atoms with Gasteiger partial charge in [-0.15, -0.1) is 0 Å². The maximum atomic E-state index is 13.1. The molecule has 1 aliphatic carbocycles. The first-order chi connectivity index (χ1) is 13.9. The lowest BCUT2D eigenvalue weighted by atomic mass is 9.97. The highest BCUT2D eigenvalue weighted by molar-refractivity contribution is 6.16. The number of esters is 1. The minimum absolute atomic E-state index is 0.159. The topological polar surface area (TPSA) is 83.9 Å². The lowest BCUT2D eigenvalue weighted by Gasteiger charge is -2.20. The van der Waals surface area contributed by atoms with Crippen LogP contribution in [0.5, 0.6) is 0 Å². The third-order valence-corrected chi connectivity index (χ3v) is 5.41. The highest BCUT2D eigenvalue weighted by Gasteiger charge is 2.36. The van der Waals surface area contributed by atoms with Crippen LogP contribution in [0.15, 0.2) is 52.8 Å². The van der Waals surface area contributed by atoms with Crippen LogP contribution in [0.4, 0.5) is 0 Å². The Morgan fingerprint density at radius 3 is 2.52 bits per heavy atom. The average Bonchev–Trinajstić information content (AvgIpc) is 2.96. The van der Waals surface area contributed by atoms with E-state index in [0.717, 1.165) is 19.3 Å². The molecule has 0 atom stereocenters. The minimum atomic E-state index is -1.02. The SMILES string of the molecule is COC(=O)C1=C(C)N(CCC2=CCCCC2)C(=O)C1=Cc1ccc(C(=O)O)cc1. The van der Waals surface area contributed by atoms with Gasteiger partial charge in [0.05, 0.1) is 23.8 Å². The molecule has 0 saturated carbocycles. The first-order valence-electron chi connectivity index (χ1n) is 9.76. The zero-order chi connectivity index (χ0) is 21.0. The molecular formula is C23H25NO5. The van der Waals surface area contributed by atoms with Gasteiger partial charge in [0.25, 0.3) is 5.91 Å². The average molecular weight is 395 g/mol. The second-order valence-electron chi connectivity index (χ2n) is 7.25. The van der Waals surface area contributed by atoms with E-state index in [2.05, 4.69) is 6.08 Å². The lowest BCUT2D eigenvalue weighted by Crippen LogP contribution is -2.26. The summed E-state index contributed by atoms with van der Waals surface area (Å²) < 4.78 is 4.91. The molecule has 6 heteroatoms. The van der Waals surface area contributed by atoms with E-state index >= 15 is 0 Å². The number of nitrogens with zero attached hydrogens (tertiary/aromatic N) is 1. The van der Waals surface area contributed by atoms with Gasteiger partial charge in [-0.1, -0.05) is 23.8 Å². The van der Waals surface area contributed by atoms with Gasteiger partial charge in [-0.2, -0.15) is 0 Å². The van der Waals surface area contributed by atoms with E-state index in [9.17, 15) is 14.4 Å². The fourth-order valence-corrected chi connectivity index (χ4v) is 3.77. The van der Waals surface area contributed by atoms with E-state index in [1.165, 1.54) is 37.7 Å². The summed E-state index contributed by atoms with van der Waals surface area (Å²) in [6, 6.07) is 6.17. The maximum Gasteiger partial charge on any atom is 0.340 e. The normalized spacial score (nSPS) is 18.3. The van der Waals surface area contributed by atoms with Crippen LogP contribution in [0.2, 0.25) is 0 Å². The van der Waals surface area contributed by atoms with Crippen molar-refractivity contribution in [1.29, 1.82) is 0 Å². The maximum absolute atomic E-state index is 13.1. The predicted molar refractivity (Wildman–Crippen MR) is 109 cm³/mol. The number of hydrogen-bond donors (Lipinski definition) is 1. The predicted octanol–water partition coefficient (Wildman–Crippen LogP) is 3.95. The number of rotatable bonds is 6. The molecule has 0 radical (unpaired) electrons. The Morgan fingerprint density at radius 1 is 1.21 bits per heavy atom. The van der Waals surface area contributed by atoms with Crippen LogP contribution in [0.1, 0.15) is 54.9 Å². The van der Waals surface area contributed by atoms with Crippen molar-refractivity contribution in [3.05, 3.63) is 63.9 Å². The summed E-state index contributed by atoms with van der Waals surface area (Å²) in [6.45, 7) is 2.28. The van der Waals surface area contributed by atoms with Crippen molar-refractivity contribution in [1.82, 2.24) is 4.90 Å². The Morgan fingerprint density at radius 2 is 1.93 bits per heavy atom. The summed E-state index contributed by atoms with van der Waals surface area (Å²) in [5.41, 5.74) is 3.29. The van der Waals surface area contributed by atoms with Crippen molar-refractivity contribution in [2.75, 3.05) is 13.7 Å². The number of methoxy groups -OCH3 is 1. The first kappa shape index (κ1) is 20.6. The molecule has 1 N–H and O–H groups in total. The molecule has 0 saturated heterocycles. The number of carbonyl (C=O) groups excluding carboxylic acids is 2. The van der Waals surface area contributed by atoms with Gasteiger partial charge in [-0.3, -0.25) is 4.79 Å². The van der Waals surface area contributed by atoms with Crippen LogP contribution in [0.3, 0.4) is 0 Å². The second kappa shape index (κ2) is 8.90. The Bertz CT molecular complexity index is 921. The molecule has 0 aromatic heterocycles. The molecule has 2 aliphatic rings. The van der Waals surface area contributed by atoms with Gasteiger partial charge in [0.15, 0.2) is 0 Å². The number of ether oxygens (including phenoxy) is 1. The molecule has 1 aromatic carbocycles. The lowest BCUT2D eigenvalue weighted by molar-refractivity contribution is -0.136. The number of allylic oxidation sites excluding steroid dienone is 2. The van der Waals surface area contributed by atoms with E-state index in [1.807, 2.05) is 0 Å². The van der Waals surface area contributed by atoms with Crippen LogP contribution in [-0.2, 0) is 14.3 Å². The van der Waals surface area contributed by atoms with Crippen molar-refractivity contribution >= 4 is 23.9 Å². The largest absolute Gasteiger partial charge is 0.478 e. The fourth-order valence-electron chi connectivity index (χ4n) is 3.77. The monoisotopic (exact) mass is 395 g/mol. The number of benzene rings is 1. The molecule has 0 unspecified atom stereocenters. The quantitative estimate of drug-likeness (QED) is 0.448. The molecular weight excluding hydrogens is 370 g/mol. The van der Waals surface area contributed by atoms with Gasteiger partial charge in [0.1, 0.15) is 0 Å². The second-order valence-corrected chi connectivity index (χ2v) is 7.25. The van der Waals surface area contributed by atoms with Crippen molar-refractivity contribution in [3.63, 3.8) is 0 Å². The zero-order valence-corrected chi connectivity index (χ0v) is 16.7. The van der Waals surface area contributed by atoms with E-state index in [4.69, 9.17) is 9.84 Å². The number of carbonyl (C=O) groups is 3. The minimum Gasteiger partial charge on any atom is -0.478 e. The Hall–Kier alpha value is -3.15. The standard InChI is InChI=1S/C23H25NO5/c1-15-20(23(28)29-2)19(14-17-8-10-18(11-9-17)22(26)27)21(25)24(15)13-12-16-6-4-3-5-7-16/h6,8-11,14H,3-5,7,12-13H2,1-2H3,(H,26,27). The van der Waals surface area contributed by atoms with E-state index in [0.29, 0.717) is 17.8 Å².